The SMILES string of the molecule is Cc1cccc(C)c1NC(=O)N(Cc1cccn1Cc1ccccc1)C(C)C. The topological polar surface area (TPSA) is 37.3 Å². The minimum absolute atomic E-state index is 0.0696. The number of nitrogens with one attached hydrogen (secondary N) is 1. The van der Waals surface area contributed by atoms with Crippen molar-refractivity contribution in [3.63, 3.8) is 0 Å². The van der Waals surface area contributed by atoms with E-state index in [2.05, 4.69) is 60.3 Å². The number of hydrogen-bond donors (Lipinski definition) is 1. The summed E-state index contributed by atoms with van der Waals surface area (Å²) in [6.45, 7) is 9.51. The molecule has 0 saturated heterocycles. The number of benzene rings is 2. The van der Waals surface area contributed by atoms with Gasteiger partial charge in [0.05, 0.1) is 6.54 Å². The van der Waals surface area contributed by atoms with Gasteiger partial charge in [0.15, 0.2) is 0 Å². The Morgan fingerprint density at radius 1 is 0.964 bits per heavy atom. The van der Waals surface area contributed by atoms with Crippen molar-refractivity contribution in [2.75, 3.05) is 5.32 Å². The summed E-state index contributed by atoms with van der Waals surface area (Å²) in [6.07, 6.45) is 2.07. The largest absolute Gasteiger partial charge is 0.345 e. The van der Waals surface area contributed by atoms with Crippen molar-refractivity contribution in [1.82, 2.24) is 9.47 Å². The zero-order chi connectivity index (χ0) is 20.1. The average molecular weight is 376 g/mol. The molecule has 1 heterocycles. The third-order valence-electron chi connectivity index (χ3n) is 5.05. The van der Waals surface area contributed by atoms with Crippen LogP contribution >= 0.6 is 0 Å². The molecule has 0 saturated carbocycles. The molecule has 0 fully saturated rings. The normalized spacial score (nSPS) is 10.9. The molecule has 3 rings (SSSR count). The van der Waals surface area contributed by atoms with E-state index in [9.17, 15) is 4.79 Å². The van der Waals surface area contributed by atoms with Gasteiger partial charge in [-0.3, -0.25) is 0 Å². The van der Waals surface area contributed by atoms with Crippen LogP contribution in [0.3, 0.4) is 0 Å². The van der Waals surface area contributed by atoms with E-state index in [0.29, 0.717) is 6.54 Å². The monoisotopic (exact) mass is 375 g/mol. The van der Waals surface area contributed by atoms with Crippen LogP contribution in [0.5, 0.6) is 0 Å². The highest BCUT2D eigenvalue weighted by Gasteiger charge is 2.20. The maximum Gasteiger partial charge on any atom is 0.322 e. The highest BCUT2D eigenvalue weighted by Crippen LogP contribution is 2.21. The Morgan fingerprint density at radius 3 is 2.29 bits per heavy atom. The second-order valence-electron chi connectivity index (χ2n) is 7.53. The van der Waals surface area contributed by atoms with E-state index in [-0.39, 0.29) is 12.1 Å². The van der Waals surface area contributed by atoms with Crippen molar-refractivity contribution in [2.24, 2.45) is 0 Å². The van der Waals surface area contributed by atoms with Crippen LogP contribution in [-0.4, -0.2) is 21.5 Å². The van der Waals surface area contributed by atoms with E-state index in [0.717, 1.165) is 29.1 Å². The van der Waals surface area contributed by atoms with Gasteiger partial charge in [0.25, 0.3) is 0 Å². The molecule has 0 aliphatic heterocycles. The van der Waals surface area contributed by atoms with Gasteiger partial charge in [-0.1, -0.05) is 48.5 Å². The van der Waals surface area contributed by atoms with E-state index in [4.69, 9.17) is 0 Å². The van der Waals surface area contributed by atoms with Gasteiger partial charge in [-0.25, -0.2) is 4.79 Å². The van der Waals surface area contributed by atoms with Crippen molar-refractivity contribution in [2.45, 2.75) is 46.8 Å². The number of urea groups is 1. The lowest BCUT2D eigenvalue weighted by Crippen LogP contribution is -2.40. The van der Waals surface area contributed by atoms with E-state index >= 15 is 0 Å². The van der Waals surface area contributed by atoms with Gasteiger partial charge in [0.1, 0.15) is 0 Å². The van der Waals surface area contributed by atoms with E-state index in [1.165, 1.54) is 5.56 Å². The van der Waals surface area contributed by atoms with Crippen LogP contribution in [0.4, 0.5) is 10.5 Å². The molecule has 1 N–H and O–H groups in total. The first kappa shape index (κ1) is 19.7. The zero-order valence-electron chi connectivity index (χ0n) is 17.1. The maximum absolute atomic E-state index is 13.1. The summed E-state index contributed by atoms with van der Waals surface area (Å²) in [5.74, 6) is 0. The Bertz CT molecular complexity index is 908. The van der Waals surface area contributed by atoms with Crippen LogP contribution in [0.1, 0.15) is 36.2 Å². The highest BCUT2D eigenvalue weighted by atomic mass is 16.2. The summed E-state index contributed by atoms with van der Waals surface area (Å²) < 4.78 is 2.21. The van der Waals surface area contributed by atoms with Gasteiger partial charge in [-0.2, -0.15) is 0 Å². The Kier molecular flexibility index (Phi) is 6.19. The number of aryl methyl sites for hydroxylation is 2. The molecular formula is C24H29N3O. The fraction of sp³-hybridized carbons (Fsp3) is 0.292. The maximum atomic E-state index is 13.1. The lowest BCUT2D eigenvalue weighted by Gasteiger charge is -2.28. The van der Waals surface area contributed by atoms with Crippen LogP contribution in [0.15, 0.2) is 66.9 Å². The predicted octanol–water partition coefficient (Wildman–Crippen LogP) is 5.60. The number of anilines is 1. The molecule has 4 heteroatoms. The van der Waals surface area contributed by atoms with Crippen LogP contribution < -0.4 is 5.32 Å². The number of aromatic nitrogens is 1. The van der Waals surface area contributed by atoms with Crippen LogP contribution in [0, 0.1) is 13.8 Å². The molecule has 0 radical (unpaired) electrons. The van der Waals surface area contributed by atoms with Gasteiger partial charge >= 0.3 is 6.03 Å². The fourth-order valence-electron chi connectivity index (χ4n) is 3.38. The molecule has 1 aromatic heterocycles. The minimum Gasteiger partial charge on any atom is -0.345 e. The van der Waals surface area contributed by atoms with Gasteiger partial charge < -0.3 is 14.8 Å². The summed E-state index contributed by atoms with van der Waals surface area (Å²) >= 11 is 0. The van der Waals surface area contributed by atoms with Gasteiger partial charge in [0.2, 0.25) is 0 Å². The number of amides is 2. The van der Waals surface area contributed by atoms with Gasteiger partial charge in [-0.05, 0) is 56.5 Å². The van der Waals surface area contributed by atoms with Gasteiger partial charge in [0, 0.05) is 30.2 Å². The first-order chi connectivity index (χ1) is 13.5. The molecule has 0 bridgehead atoms. The van der Waals surface area contributed by atoms with Crippen LogP contribution in [-0.2, 0) is 13.1 Å². The quantitative estimate of drug-likeness (QED) is 0.598. The molecular weight excluding hydrogens is 346 g/mol. The Labute approximate surface area is 167 Å². The molecule has 28 heavy (non-hydrogen) atoms. The molecule has 0 aliphatic carbocycles. The van der Waals surface area contributed by atoms with E-state index in [1.807, 2.05) is 49.1 Å². The smallest absolute Gasteiger partial charge is 0.322 e. The van der Waals surface area contributed by atoms with Crippen molar-refractivity contribution < 1.29 is 4.79 Å². The lowest BCUT2D eigenvalue weighted by atomic mass is 10.1. The van der Waals surface area contributed by atoms with Gasteiger partial charge in [-0.15, -0.1) is 0 Å². The molecule has 3 aromatic rings. The number of rotatable bonds is 6. The number of carbonyl (C=O) groups is 1. The standard InChI is InChI=1S/C24H29N3O/c1-18(2)27(24(28)25-23-19(3)10-8-11-20(23)4)17-22-14-9-15-26(22)16-21-12-6-5-7-13-21/h5-15,18H,16-17H2,1-4H3,(H,25,28). The number of para-hydroxylation sites is 1. The van der Waals surface area contributed by atoms with E-state index in [1.54, 1.807) is 0 Å². The van der Waals surface area contributed by atoms with Crippen molar-refractivity contribution in [1.29, 1.82) is 0 Å². The second-order valence-corrected chi connectivity index (χ2v) is 7.53. The number of carbonyl (C=O) groups excluding carboxylic acids is 1. The van der Waals surface area contributed by atoms with Crippen LogP contribution in [0.25, 0.3) is 0 Å². The Balaban J connectivity index is 1.77. The summed E-state index contributed by atoms with van der Waals surface area (Å²) in [5, 5.41) is 3.12. The second kappa shape index (κ2) is 8.79. The Hall–Kier alpha value is -3.01. The molecule has 0 aliphatic rings. The molecule has 4 nitrogen and oxygen atoms in total. The first-order valence-corrected chi connectivity index (χ1v) is 9.77. The summed E-state index contributed by atoms with van der Waals surface area (Å²) in [7, 11) is 0. The van der Waals surface area contributed by atoms with Crippen LogP contribution in [0.2, 0.25) is 0 Å². The third kappa shape index (κ3) is 4.63. The molecule has 2 aromatic carbocycles. The molecule has 0 unspecified atom stereocenters. The van der Waals surface area contributed by atoms with Crippen molar-refractivity contribution >= 4 is 11.7 Å². The minimum atomic E-state index is -0.0696. The average Bonchev–Trinajstić information content (AvgIpc) is 3.10. The molecule has 146 valence electrons. The number of hydrogen-bond acceptors (Lipinski definition) is 1. The van der Waals surface area contributed by atoms with E-state index < -0.39 is 0 Å². The molecule has 0 spiro atoms. The van der Waals surface area contributed by atoms with Crippen molar-refractivity contribution in [3.8, 4) is 0 Å². The predicted molar refractivity (Wildman–Crippen MR) is 116 cm³/mol. The first-order valence-electron chi connectivity index (χ1n) is 9.77. The fourth-order valence-corrected chi connectivity index (χ4v) is 3.38. The third-order valence-corrected chi connectivity index (χ3v) is 5.05. The summed E-state index contributed by atoms with van der Waals surface area (Å²) in [6, 6.07) is 20.6. The molecule has 0 atom stereocenters. The summed E-state index contributed by atoms with van der Waals surface area (Å²) in [5.41, 5.74) is 5.41. The number of nitrogens with zero attached hydrogens (tertiary/aromatic N) is 2. The highest BCUT2D eigenvalue weighted by molar-refractivity contribution is 5.91. The van der Waals surface area contributed by atoms with Crippen molar-refractivity contribution in [3.05, 3.63) is 89.2 Å². The summed E-state index contributed by atoms with van der Waals surface area (Å²) in [4.78, 5) is 14.9. The zero-order valence-corrected chi connectivity index (χ0v) is 17.1. The lowest BCUT2D eigenvalue weighted by molar-refractivity contribution is 0.192. The molecule has 2 amide bonds. The Morgan fingerprint density at radius 2 is 1.64 bits per heavy atom.